The molecule has 23 heavy (non-hydrogen) atoms. The molecule has 1 saturated carbocycles. The van der Waals surface area contributed by atoms with E-state index in [-0.39, 0.29) is 12.1 Å². The Morgan fingerprint density at radius 2 is 1.96 bits per heavy atom. The van der Waals surface area contributed by atoms with Crippen molar-refractivity contribution in [3.63, 3.8) is 0 Å². The Labute approximate surface area is 138 Å². The maximum absolute atomic E-state index is 10.6. The van der Waals surface area contributed by atoms with Crippen molar-refractivity contribution < 1.29 is 14.6 Å². The van der Waals surface area contributed by atoms with Crippen molar-refractivity contribution in [2.75, 3.05) is 39.4 Å². The lowest BCUT2D eigenvalue weighted by atomic mass is 9.90. The molecular weight excluding hydrogens is 292 g/mol. The largest absolute Gasteiger partial charge is 0.488 e. The van der Waals surface area contributed by atoms with Gasteiger partial charge < -0.3 is 19.9 Å². The topological polar surface area (TPSA) is 54.0 Å². The first kappa shape index (κ1) is 16.7. The van der Waals surface area contributed by atoms with Gasteiger partial charge in [-0.1, -0.05) is 18.2 Å². The van der Waals surface area contributed by atoms with Gasteiger partial charge in [-0.2, -0.15) is 0 Å². The minimum atomic E-state index is -0.450. The molecule has 1 aliphatic heterocycles. The highest BCUT2D eigenvalue weighted by molar-refractivity contribution is 5.21. The van der Waals surface area contributed by atoms with Crippen LogP contribution in [0.4, 0.5) is 0 Å². The molecule has 1 saturated heterocycles. The van der Waals surface area contributed by atoms with E-state index < -0.39 is 6.10 Å². The van der Waals surface area contributed by atoms with Gasteiger partial charge in [0, 0.05) is 32.2 Å². The fourth-order valence-electron chi connectivity index (χ4n) is 3.40. The number of aliphatic hydroxyl groups is 1. The second-order valence-corrected chi connectivity index (χ2v) is 6.41. The monoisotopic (exact) mass is 320 g/mol. The number of hydrogen-bond donors (Lipinski definition) is 2. The maximum Gasteiger partial charge on any atom is 0.126 e. The third-order valence-electron chi connectivity index (χ3n) is 4.77. The molecule has 0 radical (unpaired) electrons. The van der Waals surface area contributed by atoms with Gasteiger partial charge in [-0.25, -0.2) is 0 Å². The molecule has 0 spiro atoms. The van der Waals surface area contributed by atoms with Crippen molar-refractivity contribution in [2.45, 2.75) is 37.5 Å². The summed E-state index contributed by atoms with van der Waals surface area (Å²) < 4.78 is 11.3. The summed E-state index contributed by atoms with van der Waals surface area (Å²) in [6.45, 7) is 5.60. The zero-order valence-corrected chi connectivity index (χ0v) is 13.7. The minimum Gasteiger partial charge on any atom is -0.488 e. The summed E-state index contributed by atoms with van der Waals surface area (Å²) >= 11 is 0. The molecule has 3 rings (SSSR count). The van der Waals surface area contributed by atoms with Gasteiger partial charge in [0.2, 0.25) is 0 Å². The molecule has 1 aromatic rings. The molecule has 1 heterocycles. The van der Waals surface area contributed by atoms with Crippen LogP contribution in [0.25, 0.3) is 0 Å². The average molecular weight is 320 g/mol. The van der Waals surface area contributed by atoms with Crippen LogP contribution in [-0.4, -0.2) is 67.6 Å². The molecule has 5 heteroatoms. The number of nitrogens with zero attached hydrogens (tertiary/aromatic N) is 1. The Bertz CT molecular complexity index is 451. The highest BCUT2D eigenvalue weighted by Gasteiger charge is 2.33. The number of hydrogen-bond acceptors (Lipinski definition) is 5. The molecule has 3 atom stereocenters. The molecule has 0 unspecified atom stereocenters. The van der Waals surface area contributed by atoms with Crippen LogP contribution in [0.5, 0.6) is 5.75 Å². The minimum absolute atomic E-state index is 0.118. The van der Waals surface area contributed by atoms with E-state index in [0.717, 1.165) is 64.4 Å². The molecule has 2 fully saturated rings. The molecular formula is C18H28N2O3. The number of aliphatic hydroxyl groups excluding tert-OH is 1. The average Bonchev–Trinajstić information content (AvgIpc) is 2.60. The Hall–Kier alpha value is -1.14. The Balaban J connectivity index is 1.44. The smallest absolute Gasteiger partial charge is 0.126 e. The quantitative estimate of drug-likeness (QED) is 0.827. The normalized spacial score (nSPS) is 29.3. The second kappa shape index (κ2) is 8.64. The van der Waals surface area contributed by atoms with Gasteiger partial charge in [0.05, 0.1) is 13.2 Å². The number of nitrogens with one attached hydrogen (secondary N) is 1. The van der Waals surface area contributed by atoms with E-state index in [2.05, 4.69) is 10.2 Å². The van der Waals surface area contributed by atoms with E-state index in [4.69, 9.17) is 9.47 Å². The number of morpholine rings is 1. The predicted molar refractivity (Wildman–Crippen MR) is 89.8 cm³/mol. The standard InChI is InChI=1S/C18H28N2O3/c21-18-16(19-9-10-20-11-13-22-14-12-20)7-4-8-17(18)23-15-5-2-1-3-6-15/h1-3,5-6,16-19,21H,4,7-14H2/t16-,17+,18+/m0/s1. The molecule has 0 bridgehead atoms. The lowest BCUT2D eigenvalue weighted by Gasteiger charge is -2.36. The second-order valence-electron chi connectivity index (χ2n) is 6.41. The van der Waals surface area contributed by atoms with E-state index in [0.29, 0.717) is 0 Å². The van der Waals surface area contributed by atoms with E-state index in [1.54, 1.807) is 0 Å². The highest BCUT2D eigenvalue weighted by atomic mass is 16.5. The molecule has 2 aliphatic rings. The Kier molecular flexibility index (Phi) is 6.28. The van der Waals surface area contributed by atoms with E-state index >= 15 is 0 Å². The van der Waals surface area contributed by atoms with Gasteiger partial charge >= 0.3 is 0 Å². The summed E-state index contributed by atoms with van der Waals surface area (Å²) in [4.78, 5) is 2.41. The third-order valence-corrected chi connectivity index (χ3v) is 4.77. The van der Waals surface area contributed by atoms with Crippen molar-refractivity contribution in [1.82, 2.24) is 10.2 Å². The first-order valence-corrected chi connectivity index (χ1v) is 8.76. The fourth-order valence-corrected chi connectivity index (χ4v) is 3.40. The lowest BCUT2D eigenvalue weighted by Crippen LogP contribution is -2.52. The van der Waals surface area contributed by atoms with Gasteiger partial charge in [0.25, 0.3) is 0 Å². The molecule has 5 nitrogen and oxygen atoms in total. The van der Waals surface area contributed by atoms with Gasteiger partial charge in [-0.3, -0.25) is 4.90 Å². The summed E-state index contributed by atoms with van der Waals surface area (Å²) in [6, 6.07) is 9.91. The lowest BCUT2D eigenvalue weighted by molar-refractivity contribution is -0.0167. The first-order chi connectivity index (χ1) is 11.3. The van der Waals surface area contributed by atoms with Gasteiger partial charge in [-0.15, -0.1) is 0 Å². The summed E-state index contributed by atoms with van der Waals surface area (Å²) in [7, 11) is 0. The fraction of sp³-hybridized carbons (Fsp3) is 0.667. The molecule has 1 aliphatic carbocycles. The molecule has 1 aromatic carbocycles. The van der Waals surface area contributed by atoms with Crippen molar-refractivity contribution >= 4 is 0 Å². The highest BCUT2D eigenvalue weighted by Crippen LogP contribution is 2.24. The number of benzene rings is 1. The van der Waals surface area contributed by atoms with E-state index in [9.17, 15) is 5.11 Å². The van der Waals surface area contributed by atoms with Crippen molar-refractivity contribution in [1.29, 1.82) is 0 Å². The first-order valence-electron chi connectivity index (χ1n) is 8.76. The number of para-hydroxylation sites is 1. The number of rotatable bonds is 6. The molecule has 0 aromatic heterocycles. The zero-order valence-electron chi connectivity index (χ0n) is 13.7. The van der Waals surface area contributed by atoms with Gasteiger partial charge in [-0.05, 0) is 31.4 Å². The number of ether oxygens (including phenoxy) is 2. The van der Waals surface area contributed by atoms with Gasteiger partial charge in [0.1, 0.15) is 18.0 Å². The Morgan fingerprint density at radius 1 is 1.17 bits per heavy atom. The summed E-state index contributed by atoms with van der Waals surface area (Å²) in [5.41, 5.74) is 0. The maximum atomic E-state index is 10.6. The van der Waals surface area contributed by atoms with Crippen LogP contribution in [0.2, 0.25) is 0 Å². The zero-order chi connectivity index (χ0) is 15.9. The predicted octanol–water partition coefficient (Wildman–Crippen LogP) is 1.27. The third kappa shape index (κ3) is 4.91. The molecule has 0 amide bonds. The van der Waals surface area contributed by atoms with Crippen LogP contribution in [0.3, 0.4) is 0 Å². The van der Waals surface area contributed by atoms with Crippen LogP contribution in [0, 0.1) is 0 Å². The summed E-state index contributed by atoms with van der Waals surface area (Å²) in [5.74, 6) is 0.838. The van der Waals surface area contributed by atoms with Crippen molar-refractivity contribution in [3.05, 3.63) is 30.3 Å². The SMILES string of the molecule is O[C@@H]1[C@@H](NCCN2CCOCC2)CCC[C@H]1Oc1ccccc1. The molecule has 128 valence electrons. The van der Waals surface area contributed by atoms with Crippen LogP contribution in [0.1, 0.15) is 19.3 Å². The summed E-state index contributed by atoms with van der Waals surface area (Å²) in [5, 5.41) is 14.1. The molecule has 2 N–H and O–H groups in total. The van der Waals surface area contributed by atoms with E-state index in [1.165, 1.54) is 0 Å². The van der Waals surface area contributed by atoms with Crippen LogP contribution >= 0.6 is 0 Å². The van der Waals surface area contributed by atoms with Crippen molar-refractivity contribution in [3.8, 4) is 5.75 Å². The van der Waals surface area contributed by atoms with Gasteiger partial charge in [0.15, 0.2) is 0 Å². The van der Waals surface area contributed by atoms with E-state index in [1.807, 2.05) is 30.3 Å². The summed E-state index contributed by atoms with van der Waals surface area (Å²) in [6.07, 6.45) is 2.45. The Morgan fingerprint density at radius 3 is 2.74 bits per heavy atom. The van der Waals surface area contributed by atoms with Crippen LogP contribution in [0.15, 0.2) is 30.3 Å². The van der Waals surface area contributed by atoms with Crippen LogP contribution in [-0.2, 0) is 4.74 Å². The van der Waals surface area contributed by atoms with Crippen molar-refractivity contribution in [2.24, 2.45) is 0 Å². The van der Waals surface area contributed by atoms with Crippen LogP contribution < -0.4 is 10.1 Å².